The van der Waals surface area contributed by atoms with Gasteiger partial charge in [-0.05, 0) is 57.3 Å². The molecule has 0 spiro atoms. The molecule has 0 amide bonds. The van der Waals surface area contributed by atoms with E-state index in [1.54, 1.807) is 0 Å². The van der Waals surface area contributed by atoms with Crippen LogP contribution in [0, 0.1) is 12.8 Å². The smallest absolute Gasteiger partial charge is 0.140 e. The zero-order valence-corrected chi connectivity index (χ0v) is 11.5. The molecule has 3 nitrogen and oxygen atoms in total. The third kappa shape index (κ3) is 2.49. The fourth-order valence-corrected chi connectivity index (χ4v) is 3.71. The van der Waals surface area contributed by atoms with Crippen LogP contribution >= 0.6 is 11.3 Å². The SMILES string of the molecule is Cc1nc(-c2ccc[nH]2)sc1CC1CCNCC1. The van der Waals surface area contributed by atoms with Crippen LogP contribution in [0.1, 0.15) is 23.4 Å². The second-order valence-electron chi connectivity index (χ2n) is 5.01. The highest BCUT2D eigenvalue weighted by Crippen LogP contribution is 2.30. The van der Waals surface area contributed by atoms with Crippen LogP contribution in [0.4, 0.5) is 0 Å². The minimum absolute atomic E-state index is 0.835. The Bertz CT molecular complexity index is 495. The van der Waals surface area contributed by atoms with Gasteiger partial charge >= 0.3 is 0 Å². The van der Waals surface area contributed by atoms with Crippen molar-refractivity contribution in [2.45, 2.75) is 26.2 Å². The predicted octanol–water partition coefficient (Wildman–Crippen LogP) is 2.99. The number of thiazole rings is 1. The lowest BCUT2D eigenvalue weighted by Gasteiger charge is -2.21. The molecule has 2 aromatic rings. The zero-order valence-electron chi connectivity index (χ0n) is 10.7. The van der Waals surface area contributed by atoms with Crippen molar-refractivity contribution in [3.63, 3.8) is 0 Å². The minimum atomic E-state index is 0.835. The van der Waals surface area contributed by atoms with Gasteiger partial charge in [0.15, 0.2) is 0 Å². The Balaban J connectivity index is 1.76. The average molecular weight is 261 g/mol. The van der Waals surface area contributed by atoms with E-state index in [9.17, 15) is 0 Å². The Morgan fingerprint density at radius 2 is 2.22 bits per heavy atom. The Morgan fingerprint density at radius 1 is 1.39 bits per heavy atom. The number of rotatable bonds is 3. The summed E-state index contributed by atoms with van der Waals surface area (Å²) in [7, 11) is 0. The van der Waals surface area contributed by atoms with E-state index in [1.165, 1.54) is 42.9 Å². The first-order valence-corrected chi connectivity index (χ1v) is 7.45. The van der Waals surface area contributed by atoms with Crippen molar-refractivity contribution in [2.75, 3.05) is 13.1 Å². The third-order valence-electron chi connectivity index (χ3n) is 3.65. The molecular weight excluding hydrogens is 242 g/mol. The van der Waals surface area contributed by atoms with Gasteiger partial charge in [0.2, 0.25) is 0 Å². The molecule has 1 fully saturated rings. The standard InChI is InChI=1S/C14H19N3S/c1-10-13(9-11-4-7-15-8-5-11)18-14(17-10)12-3-2-6-16-12/h2-3,6,11,15-16H,4-5,7-9H2,1H3. The van der Waals surface area contributed by atoms with Gasteiger partial charge in [-0.25, -0.2) is 4.98 Å². The van der Waals surface area contributed by atoms with Crippen molar-refractivity contribution in [1.29, 1.82) is 0 Å². The number of aromatic amines is 1. The fourth-order valence-electron chi connectivity index (χ4n) is 2.54. The van der Waals surface area contributed by atoms with Crippen molar-refractivity contribution in [3.8, 4) is 10.7 Å². The Morgan fingerprint density at radius 3 is 2.94 bits per heavy atom. The van der Waals surface area contributed by atoms with E-state index >= 15 is 0 Å². The number of hydrogen-bond acceptors (Lipinski definition) is 3. The average Bonchev–Trinajstić information content (AvgIpc) is 3.01. The summed E-state index contributed by atoms with van der Waals surface area (Å²) in [5.74, 6) is 0.835. The van der Waals surface area contributed by atoms with Crippen LogP contribution in [0.5, 0.6) is 0 Å². The Labute approximate surface area is 112 Å². The Kier molecular flexibility index (Phi) is 3.48. The first kappa shape index (κ1) is 11.9. The number of H-pyrrole nitrogens is 1. The molecule has 0 saturated carbocycles. The summed E-state index contributed by atoms with van der Waals surface area (Å²) < 4.78 is 0. The maximum Gasteiger partial charge on any atom is 0.140 e. The third-order valence-corrected chi connectivity index (χ3v) is 4.87. The summed E-state index contributed by atoms with van der Waals surface area (Å²) in [6, 6.07) is 4.12. The molecular formula is C14H19N3S. The molecule has 4 heteroatoms. The van der Waals surface area contributed by atoms with E-state index in [1.807, 2.05) is 23.6 Å². The van der Waals surface area contributed by atoms with Gasteiger partial charge in [0.05, 0.1) is 11.4 Å². The lowest BCUT2D eigenvalue weighted by molar-refractivity contribution is 0.374. The van der Waals surface area contributed by atoms with Gasteiger partial charge in [-0.3, -0.25) is 0 Å². The zero-order chi connectivity index (χ0) is 12.4. The van der Waals surface area contributed by atoms with Crippen LogP contribution in [0.15, 0.2) is 18.3 Å². The topological polar surface area (TPSA) is 40.7 Å². The molecule has 1 aliphatic heterocycles. The predicted molar refractivity (Wildman–Crippen MR) is 75.9 cm³/mol. The molecule has 1 aliphatic rings. The first-order valence-electron chi connectivity index (χ1n) is 6.63. The van der Waals surface area contributed by atoms with Crippen LogP contribution in [-0.4, -0.2) is 23.1 Å². The number of aromatic nitrogens is 2. The van der Waals surface area contributed by atoms with Crippen molar-refractivity contribution in [2.24, 2.45) is 5.92 Å². The maximum atomic E-state index is 4.69. The van der Waals surface area contributed by atoms with Gasteiger partial charge in [0, 0.05) is 11.1 Å². The second-order valence-corrected chi connectivity index (χ2v) is 6.09. The molecule has 0 aromatic carbocycles. The molecule has 0 radical (unpaired) electrons. The molecule has 3 heterocycles. The summed E-state index contributed by atoms with van der Waals surface area (Å²) >= 11 is 1.85. The van der Waals surface area contributed by atoms with Crippen LogP contribution in [0.25, 0.3) is 10.7 Å². The largest absolute Gasteiger partial charge is 0.359 e. The number of hydrogen-bond donors (Lipinski definition) is 2. The van der Waals surface area contributed by atoms with E-state index in [-0.39, 0.29) is 0 Å². The number of nitrogens with zero attached hydrogens (tertiary/aromatic N) is 1. The van der Waals surface area contributed by atoms with E-state index < -0.39 is 0 Å². The normalized spacial score (nSPS) is 17.2. The van der Waals surface area contributed by atoms with Gasteiger partial charge in [0.25, 0.3) is 0 Å². The quantitative estimate of drug-likeness (QED) is 0.891. The van der Waals surface area contributed by atoms with Gasteiger partial charge in [-0.15, -0.1) is 11.3 Å². The van der Waals surface area contributed by atoms with Crippen LogP contribution in [0.3, 0.4) is 0 Å². The molecule has 0 aliphatic carbocycles. The van der Waals surface area contributed by atoms with Crippen molar-refractivity contribution in [3.05, 3.63) is 28.9 Å². The summed E-state index contributed by atoms with van der Waals surface area (Å²) in [4.78, 5) is 9.39. The van der Waals surface area contributed by atoms with Gasteiger partial charge in [0.1, 0.15) is 5.01 Å². The van der Waals surface area contributed by atoms with E-state index in [0.717, 1.165) is 16.6 Å². The van der Waals surface area contributed by atoms with Gasteiger partial charge in [-0.1, -0.05) is 0 Å². The van der Waals surface area contributed by atoms with Gasteiger partial charge < -0.3 is 10.3 Å². The maximum absolute atomic E-state index is 4.69. The summed E-state index contributed by atoms with van der Waals surface area (Å²) in [6.45, 7) is 4.48. The highest BCUT2D eigenvalue weighted by atomic mass is 32.1. The summed E-state index contributed by atoms with van der Waals surface area (Å²) in [6.07, 6.45) is 5.76. The van der Waals surface area contributed by atoms with Crippen LogP contribution in [-0.2, 0) is 6.42 Å². The summed E-state index contributed by atoms with van der Waals surface area (Å²) in [5, 5.41) is 4.55. The molecule has 96 valence electrons. The van der Waals surface area contributed by atoms with E-state index in [2.05, 4.69) is 23.3 Å². The highest BCUT2D eigenvalue weighted by Gasteiger charge is 2.17. The number of aryl methyl sites for hydroxylation is 1. The number of piperidine rings is 1. The van der Waals surface area contributed by atoms with Crippen LogP contribution < -0.4 is 5.32 Å². The first-order chi connectivity index (χ1) is 8.83. The summed E-state index contributed by atoms with van der Waals surface area (Å²) in [5.41, 5.74) is 2.35. The lowest BCUT2D eigenvalue weighted by atomic mass is 9.94. The van der Waals surface area contributed by atoms with Crippen LogP contribution in [0.2, 0.25) is 0 Å². The Hall–Kier alpha value is -1.13. The molecule has 0 bridgehead atoms. The molecule has 0 unspecified atom stereocenters. The van der Waals surface area contributed by atoms with Gasteiger partial charge in [-0.2, -0.15) is 0 Å². The lowest BCUT2D eigenvalue weighted by Crippen LogP contribution is -2.28. The van der Waals surface area contributed by atoms with E-state index in [0.29, 0.717) is 0 Å². The van der Waals surface area contributed by atoms with Crippen molar-refractivity contribution < 1.29 is 0 Å². The monoisotopic (exact) mass is 261 g/mol. The molecule has 1 saturated heterocycles. The molecule has 2 N–H and O–H groups in total. The van der Waals surface area contributed by atoms with Crippen molar-refractivity contribution in [1.82, 2.24) is 15.3 Å². The molecule has 3 rings (SSSR count). The minimum Gasteiger partial charge on any atom is -0.359 e. The second kappa shape index (κ2) is 5.24. The van der Waals surface area contributed by atoms with E-state index in [4.69, 9.17) is 4.98 Å². The highest BCUT2D eigenvalue weighted by molar-refractivity contribution is 7.15. The molecule has 2 aromatic heterocycles. The van der Waals surface area contributed by atoms with Crippen molar-refractivity contribution >= 4 is 11.3 Å². The fraction of sp³-hybridized carbons (Fsp3) is 0.500. The number of nitrogens with one attached hydrogen (secondary N) is 2. The molecule has 18 heavy (non-hydrogen) atoms. The molecule has 0 atom stereocenters.